The minimum atomic E-state index is -1.90. The lowest BCUT2D eigenvalue weighted by molar-refractivity contribution is -0.303. The van der Waals surface area contributed by atoms with Crippen molar-refractivity contribution in [2.75, 3.05) is 6.61 Å². The summed E-state index contributed by atoms with van der Waals surface area (Å²) in [5.74, 6) is -2.34. The van der Waals surface area contributed by atoms with Crippen LogP contribution in [0.5, 0.6) is 0 Å². The van der Waals surface area contributed by atoms with Gasteiger partial charge in [0.1, 0.15) is 11.7 Å². The van der Waals surface area contributed by atoms with Gasteiger partial charge in [-0.05, 0) is 94.1 Å². The zero-order chi connectivity index (χ0) is 30.2. The molecule has 1 N–H and O–H groups in total. The molecule has 0 amide bonds. The number of aliphatic hydroxyl groups is 1. The zero-order valence-corrected chi connectivity index (χ0v) is 25.9. The van der Waals surface area contributed by atoms with E-state index in [1.165, 1.54) is 0 Å². The van der Waals surface area contributed by atoms with Gasteiger partial charge in [-0.1, -0.05) is 39.3 Å². The van der Waals surface area contributed by atoms with Crippen LogP contribution in [0.3, 0.4) is 0 Å². The van der Waals surface area contributed by atoms with E-state index in [0.29, 0.717) is 24.3 Å². The average molecular weight is 581 g/mol. The number of hydrogen-bond acceptors (Lipinski definition) is 8. The van der Waals surface area contributed by atoms with Gasteiger partial charge < -0.3 is 24.1 Å². The van der Waals surface area contributed by atoms with E-state index in [9.17, 15) is 19.5 Å². The van der Waals surface area contributed by atoms with Gasteiger partial charge >= 0.3 is 11.9 Å². The Balaban J connectivity index is 1.35. The minimum Gasteiger partial charge on any atom is -0.451 e. The largest absolute Gasteiger partial charge is 0.451 e. The molecular formula is C34H44O8. The van der Waals surface area contributed by atoms with Crippen LogP contribution in [0.4, 0.5) is 0 Å². The van der Waals surface area contributed by atoms with Crippen molar-refractivity contribution in [2.45, 2.75) is 116 Å². The molecule has 0 aromatic carbocycles. The molecule has 1 saturated heterocycles. The number of rotatable bonds is 2. The number of hydrogen-bond donors (Lipinski definition) is 1. The lowest BCUT2D eigenvalue weighted by Crippen LogP contribution is -2.68. The highest BCUT2D eigenvalue weighted by Crippen LogP contribution is 2.72. The van der Waals surface area contributed by atoms with E-state index in [1.54, 1.807) is 20.8 Å². The molecule has 3 saturated carbocycles. The van der Waals surface area contributed by atoms with Gasteiger partial charge in [-0.25, -0.2) is 9.59 Å². The van der Waals surface area contributed by atoms with Crippen molar-refractivity contribution in [3.63, 3.8) is 0 Å². The third kappa shape index (κ3) is 3.43. The summed E-state index contributed by atoms with van der Waals surface area (Å²) in [7, 11) is 0. The Hall–Kier alpha value is -2.29. The molecule has 2 bridgehead atoms. The maximum atomic E-state index is 14.9. The molecule has 8 atom stereocenters. The number of carbonyl (C=O) groups excluding carboxylic acids is 3. The molecule has 0 aromatic rings. The Labute approximate surface area is 247 Å². The van der Waals surface area contributed by atoms with E-state index in [1.807, 2.05) is 26.0 Å². The van der Waals surface area contributed by atoms with Gasteiger partial charge in [0.2, 0.25) is 0 Å². The monoisotopic (exact) mass is 580 g/mol. The molecular weight excluding hydrogens is 536 g/mol. The fourth-order valence-electron chi connectivity index (χ4n) is 10.0. The molecule has 228 valence electrons. The minimum absolute atomic E-state index is 0.0113. The summed E-state index contributed by atoms with van der Waals surface area (Å²) in [6, 6.07) is 0. The van der Waals surface area contributed by atoms with Crippen LogP contribution in [0.15, 0.2) is 34.4 Å². The van der Waals surface area contributed by atoms with Gasteiger partial charge in [-0.2, -0.15) is 0 Å². The van der Waals surface area contributed by atoms with Crippen molar-refractivity contribution < 1.29 is 38.4 Å². The predicted octanol–water partition coefficient (Wildman–Crippen LogP) is 4.74. The third-order valence-corrected chi connectivity index (χ3v) is 12.2. The third-order valence-electron chi connectivity index (χ3n) is 12.2. The molecule has 7 aliphatic rings. The maximum absolute atomic E-state index is 14.9. The molecule has 2 aliphatic heterocycles. The van der Waals surface area contributed by atoms with Crippen molar-refractivity contribution in [3.8, 4) is 0 Å². The summed E-state index contributed by atoms with van der Waals surface area (Å²) < 4.78 is 24.8. The van der Waals surface area contributed by atoms with Crippen LogP contribution in [0.1, 0.15) is 87.0 Å². The van der Waals surface area contributed by atoms with Crippen LogP contribution in [0, 0.1) is 34.5 Å². The van der Waals surface area contributed by atoms with Gasteiger partial charge in [-0.15, -0.1) is 0 Å². The number of carbonyl (C=O) groups is 3. The summed E-state index contributed by atoms with van der Waals surface area (Å²) in [4.78, 5) is 41.9. The summed E-state index contributed by atoms with van der Waals surface area (Å²) in [5.41, 5.74) is -2.35. The van der Waals surface area contributed by atoms with Crippen LogP contribution in [0.2, 0.25) is 0 Å². The van der Waals surface area contributed by atoms with Gasteiger partial charge in [0.15, 0.2) is 23.3 Å². The van der Waals surface area contributed by atoms with Crippen LogP contribution >= 0.6 is 0 Å². The summed E-state index contributed by atoms with van der Waals surface area (Å²) in [5, 5.41) is 13.3. The molecule has 2 heterocycles. The Bertz CT molecular complexity index is 1380. The summed E-state index contributed by atoms with van der Waals surface area (Å²) in [6.07, 6.45) is 6.41. The number of Topliss-reactive ketones (excluding diaryl/α,β-unsaturated/α-hetero) is 1. The van der Waals surface area contributed by atoms with Crippen molar-refractivity contribution in [2.24, 2.45) is 34.5 Å². The normalized spacial score (nSPS) is 44.2. The highest BCUT2D eigenvalue weighted by atomic mass is 16.7. The molecule has 1 unspecified atom stereocenters. The number of ether oxygens (including phenoxy) is 4. The molecule has 2 spiro atoms. The molecule has 8 nitrogen and oxygen atoms in total. The first-order valence-electron chi connectivity index (χ1n) is 15.7. The summed E-state index contributed by atoms with van der Waals surface area (Å²) >= 11 is 0. The van der Waals surface area contributed by atoms with Gasteiger partial charge in [0.05, 0.1) is 17.6 Å². The molecule has 42 heavy (non-hydrogen) atoms. The molecule has 0 aromatic heterocycles. The fourth-order valence-corrected chi connectivity index (χ4v) is 10.0. The van der Waals surface area contributed by atoms with Crippen LogP contribution < -0.4 is 0 Å². The zero-order valence-electron chi connectivity index (χ0n) is 25.9. The first-order valence-corrected chi connectivity index (χ1v) is 15.7. The van der Waals surface area contributed by atoms with Crippen LogP contribution in [0.25, 0.3) is 0 Å². The van der Waals surface area contributed by atoms with Gasteiger partial charge in [-0.3, -0.25) is 4.79 Å². The fraction of sp³-hybridized carbons (Fsp3) is 0.735. The Morgan fingerprint density at radius 2 is 1.76 bits per heavy atom. The highest BCUT2D eigenvalue weighted by molar-refractivity contribution is 6.05. The van der Waals surface area contributed by atoms with Crippen molar-refractivity contribution in [3.05, 3.63) is 34.4 Å². The number of fused-ring (bicyclic) bond motifs is 5. The molecule has 7 rings (SSSR count). The second kappa shape index (κ2) is 8.66. The van der Waals surface area contributed by atoms with E-state index in [2.05, 4.69) is 13.8 Å². The van der Waals surface area contributed by atoms with E-state index >= 15 is 0 Å². The first-order chi connectivity index (χ1) is 19.6. The topological polar surface area (TPSA) is 108 Å². The van der Waals surface area contributed by atoms with Crippen molar-refractivity contribution >= 4 is 17.7 Å². The molecule has 4 fully saturated rings. The van der Waals surface area contributed by atoms with Crippen LogP contribution in [-0.2, 0) is 33.3 Å². The molecule has 5 aliphatic carbocycles. The lowest BCUT2D eigenvalue weighted by Gasteiger charge is -2.52. The number of esters is 2. The van der Waals surface area contributed by atoms with Gasteiger partial charge in [0.25, 0.3) is 0 Å². The van der Waals surface area contributed by atoms with E-state index in [-0.39, 0.29) is 40.8 Å². The number of ketones is 1. The predicted molar refractivity (Wildman–Crippen MR) is 152 cm³/mol. The summed E-state index contributed by atoms with van der Waals surface area (Å²) in [6.45, 7) is 13.8. The SMILES string of the molecule is CC1=C[C@]23C(=O)[C@@H](C=C4COC(C)(C)O[C@H]4C2(O)[C@H]1OC(=O)C1=C(C)C(=O)OC12CCCCC2)[C@H]1[C@@H](C[C@H]3C)C1(C)C. The Kier molecular flexibility index (Phi) is 5.87. The quantitative estimate of drug-likeness (QED) is 0.369. The Morgan fingerprint density at radius 1 is 1.07 bits per heavy atom. The maximum Gasteiger partial charge on any atom is 0.339 e. The van der Waals surface area contributed by atoms with Crippen molar-refractivity contribution in [1.29, 1.82) is 0 Å². The van der Waals surface area contributed by atoms with Crippen LogP contribution in [-0.4, -0.2) is 58.6 Å². The Morgan fingerprint density at radius 3 is 2.45 bits per heavy atom. The van der Waals surface area contributed by atoms with E-state index in [4.69, 9.17) is 18.9 Å². The molecule has 0 radical (unpaired) electrons. The first kappa shape index (κ1) is 28.5. The average Bonchev–Trinajstić information content (AvgIpc) is 3.30. The van der Waals surface area contributed by atoms with E-state index < -0.39 is 52.5 Å². The highest BCUT2D eigenvalue weighted by Gasteiger charge is 2.77. The molecule has 8 heteroatoms. The lowest BCUT2D eigenvalue weighted by atomic mass is 9.58. The van der Waals surface area contributed by atoms with E-state index in [0.717, 1.165) is 31.3 Å². The standard InChI is InChI=1S/C34H44O8/c1-17-15-33-18(2)13-22-24(30(22,4)5)21(25(33)35)14-20-16-39-31(6,7)41-27(20)34(33,38)26(17)40-29(37)23-19(3)28(36)42-32(23)11-9-8-10-12-32/h14-15,18,21-22,24,26-27,38H,8-13,16H2,1-7H3/t18-,21+,22-,24+,26+,27-,33+,34?/m1/s1. The number of allylic oxidation sites excluding steroid dienone is 1. The second-order valence-corrected chi connectivity index (χ2v) is 15.2. The van der Waals surface area contributed by atoms with Gasteiger partial charge in [0, 0.05) is 11.5 Å². The van der Waals surface area contributed by atoms with Crippen molar-refractivity contribution in [1.82, 2.24) is 0 Å². The smallest absolute Gasteiger partial charge is 0.339 e. The second-order valence-electron chi connectivity index (χ2n) is 15.2.